The number of hydrogen-bond acceptors (Lipinski definition) is 4. The lowest BCUT2D eigenvalue weighted by molar-refractivity contribution is -0.125. The largest absolute Gasteiger partial charge is 0.339 e. The summed E-state index contributed by atoms with van der Waals surface area (Å²) >= 11 is 0. The molecule has 0 saturated carbocycles. The molecule has 166 valence electrons. The van der Waals surface area contributed by atoms with Crippen molar-refractivity contribution in [2.45, 2.75) is 19.4 Å². The average Bonchev–Trinajstić information content (AvgIpc) is 3.11. The second-order valence-electron chi connectivity index (χ2n) is 7.90. The second kappa shape index (κ2) is 9.17. The fourth-order valence-corrected chi connectivity index (χ4v) is 3.91. The summed E-state index contributed by atoms with van der Waals surface area (Å²) in [5.41, 5.74) is 1.74. The van der Waals surface area contributed by atoms with Gasteiger partial charge in [0, 0.05) is 30.3 Å². The number of nitrogens with zero attached hydrogens (tertiary/aromatic N) is 2. The molecular formula is C23H23FN4O4. The van der Waals surface area contributed by atoms with Gasteiger partial charge >= 0.3 is 6.03 Å². The zero-order valence-electron chi connectivity index (χ0n) is 17.3. The molecule has 5 amide bonds. The van der Waals surface area contributed by atoms with E-state index in [2.05, 4.69) is 10.6 Å². The van der Waals surface area contributed by atoms with E-state index in [1.807, 2.05) is 0 Å². The van der Waals surface area contributed by atoms with Crippen LogP contribution in [0, 0.1) is 11.7 Å². The Bertz CT molecular complexity index is 1030. The molecule has 2 heterocycles. The van der Waals surface area contributed by atoms with Crippen LogP contribution in [0.2, 0.25) is 0 Å². The molecule has 2 aromatic rings. The van der Waals surface area contributed by atoms with Gasteiger partial charge in [0.2, 0.25) is 11.8 Å². The normalized spacial score (nSPS) is 16.8. The van der Waals surface area contributed by atoms with E-state index in [4.69, 9.17) is 0 Å². The number of hydrogen-bond donors (Lipinski definition) is 2. The molecule has 2 saturated heterocycles. The maximum Gasteiger partial charge on any atom is 0.324 e. The lowest BCUT2D eigenvalue weighted by Gasteiger charge is -2.31. The van der Waals surface area contributed by atoms with Crippen molar-refractivity contribution in [2.75, 3.05) is 25.0 Å². The van der Waals surface area contributed by atoms with E-state index >= 15 is 0 Å². The van der Waals surface area contributed by atoms with E-state index < -0.39 is 11.8 Å². The Kier molecular flexibility index (Phi) is 6.16. The number of urea groups is 1. The molecule has 8 nitrogen and oxygen atoms in total. The number of rotatable bonds is 5. The Morgan fingerprint density at radius 3 is 2.44 bits per heavy atom. The molecule has 9 heteroatoms. The summed E-state index contributed by atoms with van der Waals surface area (Å²) in [4.78, 5) is 51.6. The number of nitrogens with one attached hydrogen (secondary N) is 2. The summed E-state index contributed by atoms with van der Waals surface area (Å²) in [5, 5.41) is 5.37. The van der Waals surface area contributed by atoms with Crippen molar-refractivity contribution in [1.29, 1.82) is 0 Å². The second-order valence-corrected chi connectivity index (χ2v) is 7.90. The third kappa shape index (κ3) is 4.77. The van der Waals surface area contributed by atoms with Gasteiger partial charge in [-0.05, 0) is 54.8 Å². The molecule has 2 fully saturated rings. The first-order valence-corrected chi connectivity index (χ1v) is 10.4. The zero-order valence-corrected chi connectivity index (χ0v) is 17.3. The summed E-state index contributed by atoms with van der Waals surface area (Å²) in [6.07, 6.45) is 1.06. The summed E-state index contributed by atoms with van der Waals surface area (Å²) < 4.78 is 13.1. The highest BCUT2D eigenvalue weighted by molar-refractivity contribution is 6.02. The van der Waals surface area contributed by atoms with Crippen LogP contribution in [0.3, 0.4) is 0 Å². The van der Waals surface area contributed by atoms with Crippen molar-refractivity contribution >= 4 is 29.4 Å². The molecule has 0 aromatic heterocycles. The molecule has 0 aliphatic carbocycles. The molecule has 32 heavy (non-hydrogen) atoms. The Hall–Kier alpha value is -3.75. The molecule has 4 rings (SSSR count). The minimum Gasteiger partial charge on any atom is -0.339 e. The monoisotopic (exact) mass is 438 g/mol. The maximum absolute atomic E-state index is 13.1. The van der Waals surface area contributed by atoms with Gasteiger partial charge < -0.3 is 15.5 Å². The van der Waals surface area contributed by atoms with Crippen LogP contribution in [-0.4, -0.2) is 53.2 Å². The Morgan fingerprint density at radius 2 is 1.78 bits per heavy atom. The van der Waals surface area contributed by atoms with Crippen LogP contribution >= 0.6 is 0 Å². The third-order valence-corrected chi connectivity index (χ3v) is 5.72. The predicted octanol–water partition coefficient (Wildman–Crippen LogP) is 2.37. The topological polar surface area (TPSA) is 98.8 Å². The van der Waals surface area contributed by atoms with Crippen molar-refractivity contribution in [3.8, 4) is 0 Å². The van der Waals surface area contributed by atoms with Gasteiger partial charge in [-0.15, -0.1) is 0 Å². The van der Waals surface area contributed by atoms with Crippen molar-refractivity contribution in [1.82, 2.24) is 15.1 Å². The number of amides is 5. The van der Waals surface area contributed by atoms with Crippen molar-refractivity contribution < 1.29 is 23.6 Å². The van der Waals surface area contributed by atoms with E-state index in [9.17, 15) is 23.6 Å². The number of benzene rings is 2. The van der Waals surface area contributed by atoms with Crippen LogP contribution in [0.15, 0.2) is 48.5 Å². The highest BCUT2D eigenvalue weighted by atomic mass is 19.1. The van der Waals surface area contributed by atoms with Gasteiger partial charge in [-0.1, -0.05) is 12.1 Å². The maximum atomic E-state index is 13.1. The molecule has 0 spiro atoms. The van der Waals surface area contributed by atoms with Crippen LogP contribution in [-0.2, 0) is 16.1 Å². The lowest BCUT2D eigenvalue weighted by atomic mass is 9.95. The highest BCUT2D eigenvalue weighted by Gasteiger charge is 2.29. The van der Waals surface area contributed by atoms with Gasteiger partial charge in [-0.25, -0.2) is 9.18 Å². The molecule has 2 aromatic carbocycles. The summed E-state index contributed by atoms with van der Waals surface area (Å²) in [6.45, 7) is 1.02. The van der Waals surface area contributed by atoms with E-state index in [0.717, 1.165) is 10.5 Å². The number of carbonyl (C=O) groups is 4. The Morgan fingerprint density at radius 1 is 1.06 bits per heavy atom. The van der Waals surface area contributed by atoms with E-state index in [1.165, 1.54) is 24.3 Å². The third-order valence-electron chi connectivity index (χ3n) is 5.72. The Labute approximate surface area is 184 Å². The van der Waals surface area contributed by atoms with Crippen molar-refractivity contribution in [3.05, 3.63) is 65.5 Å². The fourth-order valence-electron chi connectivity index (χ4n) is 3.91. The van der Waals surface area contributed by atoms with Crippen LogP contribution < -0.4 is 10.6 Å². The zero-order chi connectivity index (χ0) is 22.7. The number of imide groups is 1. The van der Waals surface area contributed by atoms with E-state index in [-0.39, 0.29) is 36.7 Å². The van der Waals surface area contributed by atoms with Gasteiger partial charge in [0.25, 0.3) is 5.91 Å². The van der Waals surface area contributed by atoms with Gasteiger partial charge in [0.15, 0.2) is 0 Å². The number of anilines is 1. The molecular weight excluding hydrogens is 415 g/mol. The standard InChI is InChI=1S/C23H23FN4O4/c24-18-6-4-17(5-7-18)22(31)27-10-8-16(9-11-27)21(30)26-19-3-1-2-15(12-19)14-28-20(29)13-25-23(28)32/h1-7,12,16H,8-11,13-14H2,(H,25,32)(H,26,30). The molecule has 2 N–H and O–H groups in total. The molecule has 2 aliphatic heterocycles. The predicted molar refractivity (Wildman–Crippen MR) is 114 cm³/mol. The van der Waals surface area contributed by atoms with Crippen molar-refractivity contribution in [3.63, 3.8) is 0 Å². The number of halogens is 1. The molecule has 0 radical (unpaired) electrons. The average molecular weight is 438 g/mol. The van der Waals surface area contributed by atoms with Gasteiger partial charge in [-0.2, -0.15) is 0 Å². The number of carbonyl (C=O) groups excluding carboxylic acids is 4. The van der Waals surface area contributed by atoms with Crippen LogP contribution in [0.1, 0.15) is 28.8 Å². The number of likely N-dealkylation sites (tertiary alicyclic amines) is 1. The smallest absolute Gasteiger partial charge is 0.324 e. The van der Waals surface area contributed by atoms with Gasteiger partial charge in [-0.3, -0.25) is 19.3 Å². The lowest BCUT2D eigenvalue weighted by Crippen LogP contribution is -2.41. The summed E-state index contributed by atoms with van der Waals surface area (Å²) in [7, 11) is 0. The SMILES string of the molecule is O=C(Nc1cccc(CN2C(=O)CNC2=O)c1)C1CCN(C(=O)c2ccc(F)cc2)CC1. The quantitative estimate of drug-likeness (QED) is 0.701. The minimum absolute atomic E-state index is 0.00236. The van der Waals surface area contributed by atoms with E-state index in [1.54, 1.807) is 29.2 Å². The first kappa shape index (κ1) is 21.5. The first-order valence-electron chi connectivity index (χ1n) is 10.4. The Balaban J connectivity index is 1.31. The minimum atomic E-state index is -0.425. The van der Waals surface area contributed by atoms with Crippen molar-refractivity contribution in [2.24, 2.45) is 5.92 Å². The fraction of sp³-hybridized carbons (Fsp3) is 0.304. The number of piperidine rings is 1. The van der Waals surface area contributed by atoms with Crippen LogP contribution in [0.5, 0.6) is 0 Å². The van der Waals surface area contributed by atoms with Crippen LogP contribution in [0.25, 0.3) is 0 Å². The van der Waals surface area contributed by atoms with Gasteiger partial charge in [0.1, 0.15) is 5.82 Å². The first-order chi connectivity index (χ1) is 15.4. The highest BCUT2D eigenvalue weighted by Crippen LogP contribution is 2.22. The van der Waals surface area contributed by atoms with Gasteiger partial charge in [0.05, 0.1) is 13.1 Å². The summed E-state index contributed by atoms with van der Waals surface area (Å²) in [6, 6.07) is 12.0. The molecule has 0 unspecified atom stereocenters. The molecule has 0 atom stereocenters. The van der Waals surface area contributed by atoms with E-state index in [0.29, 0.717) is 37.2 Å². The molecule has 0 bridgehead atoms. The van der Waals surface area contributed by atoms with Crippen LogP contribution in [0.4, 0.5) is 14.9 Å². The summed E-state index contributed by atoms with van der Waals surface area (Å²) in [5.74, 6) is -1.22. The molecule has 2 aliphatic rings.